The van der Waals surface area contributed by atoms with Gasteiger partial charge in [-0.05, 0) is 6.07 Å². The molecule has 0 saturated heterocycles. The van der Waals surface area contributed by atoms with Crippen LogP contribution in [0.3, 0.4) is 0 Å². The highest BCUT2D eigenvalue weighted by Crippen LogP contribution is 2.18. The number of nitrogens with zero attached hydrogens (tertiary/aromatic N) is 1. The van der Waals surface area contributed by atoms with E-state index in [4.69, 9.17) is 9.47 Å². The van der Waals surface area contributed by atoms with Gasteiger partial charge in [0, 0.05) is 18.6 Å². The third-order valence-electron chi connectivity index (χ3n) is 2.21. The predicted octanol–water partition coefficient (Wildman–Crippen LogP) is 2.09. The first-order chi connectivity index (χ1) is 8.43. The van der Waals surface area contributed by atoms with Crippen molar-refractivity contribution < 1.29 is 14.3 Å². The van der Waals surface area contributed by atoms with Crippen LogP contribution in [-0.4, -0.2) is 31.2 Å². The minimum absolute atomic E-state index is 0.0441. The SMILES string of the molecule is COCCOc1ccc(NC(=O)C(C)(C)C)cn1. The summed E-state index contributed by atoms with van der Waals surface area (Å²) in [6, 6.07) is 3.48. The largest absolute Gasteiger partial charge is 0.475 e. The Kier molecular flexibility index (Phi) is 5.09. The molecule has 1 amide bonds. The van der Waals surface area contributed by atoms with Crippen molar-refractivity contribution in [1.82, 2.24) is 4.98 Å². The highest BCUT2D eigenvalue weighted by Gasteiger charge is 2.21. The highest BCUT2D eigenvalue weighted by atomic mass is 16.5. The normalized spacial score (nSPS) is 11.1. The first-order valence-electron chi connectivity index (χ1n) is 5.83. The summed E-state index contributed by atoms with van der Waals surface area (Å²) in [5.74, 6) is 0.471. The molecule has 5 heteroatoms. The fourth-order valence-electron chi connectivity index (χ4n) is 1.09. The molecule has 0 bridgehead atoms. The van der Waals surface area contributed by atoms with Gasteiger partial charge in [0.15, 0.2) is 0 Å². The van der Waals surface area contributed by atoms with Crippen LogP contribution in [-0.2, 0) is 9.53 Å². The zero-order valence-corrected chi connectivity index (χ0v) is 11.3. The molecule has 1 aromatic rings. The van der Waals surface area contributed by atoms with E-state index in [0.29, 0.717) is 24.8 Å². The lowest BCUT2D eigenvalue weighted by molar-refractivity contribution is -0.123. The number of aromatic nitrogens is 1. The number of rotatable bonds is 5. The van der Waals surface area contributed by atoms with Crippen LogP contribution in [0.25, 0.3) is 0 Å². The maximum atomic E-state index is 11.7. The van der Waals surface area contributed by atoms with E-state index in [2.05, 4.69) is 10.3 Å². The topological polar surface area (TPSA) is 60.5 Å². The van der Waals surface area contributed by atoms with Crippen molar-refractivity contribution in [3.63, 3.8) is 0 Å². The van der Waals surface area contributed by atoms with Gasteiger partial charge in [0.05, 0.1) is 18.5 Å². The molecule has 0 aliphatic heterocycles. The summed E-state index contributed by atoms with van der Waals surface area (Å²) in [5, 5.41) is 2.79. The summed E-state index contributed by atoms with van der Waals surface area (Å²) in [6.07, 6.45) is 1.58. The number of amides is 1. The zero-order valence-electron chi connectivity index (χ0n) is 11.3. The van der Waals surface area contributed by atoms with Crippen LogP contribution < -0.4 is 10.1 Å². The molecule has 0 fully saturated rings. The number of pyridine rings is 1. The number of nitrogens with one attached hydrogen (secondary N) is 1. The molecule has 0 aromatic carbocycles. The summed E-state index contributed by atoms with van der Waals surface area (Å²) in [5.41, 5.74) is 0.238. The second-order valence-electron chi connectivity index (χ2n) is 4.93. The molecule has 0 aliphatic carbocycles. The number of methoxy groups -OCH3 is 1. The van der Waals surface area contributed by atoms with Crippen molar-refractivity contribution in [3.05, 3.63) is 18.3 Å². The van der Waals surface area contributed by atoms with Crippen molar-refractivity contribution >= 4 is 11.6 Å². The highest BCUT2D eigenvalue weighted by molar-refractivity contribution is 5.94. The van der Waals surface area contributed by atoms with Crippen LogP contribution >= 0.6 is 0 Å². The third kappa shape index (κ3) is 4.71. The lowest BCUT2D eigenvalue weighted by atomic mass is 9.96. The van der Waals surface area contributed by atoms with Crippen LogP contribution in [0, 0.1) is 5.41 Å². The summed E-state index contributed by atoms with van der Waals surface area (Å²) in [7, 11) is 1.61. The van der Waals surface area contributed by atoms with Crippen LogP contribution in [0.5, 0.6) is 5.88 Å². The standard InChI is InChI=1S/C13H20N2O3/c1-13(2,3)12(16)15-10-5-6-11(14-9-10)18-8-7-17-4/h5-6,9H,7-8H2,1-4H3,(H,15,16). The second-order valence-corrected chi connectivity index (χ2v) is 4.93. The smallest absolute Gasteiger partial charge is 0.229 e. The fraction of sp³-hybridized carbons (Fsp3) is 0.538. The number of hydrogen-bond acceptors (Lipinski definition) is 4. The molecule has 1 rings (SSSR count). The lowest BCUT2D eigenvalue weighted by Gasteiger charge is -2.17. The van der Waals surface area contributed by atoms with E-state index in [9.17, 15) is 4.79 Å². The number of hydrogen-bond donors (Lipinski definition) is 1. The van der Waals surface area contributed by atoms with Gasteiger partial charge in [-0.3, -0.25) is 4.79 Å². The summed E-state index contributed by atoms with van der Waals surface area (Å²) >= 11 is 0. The molecule has 0 unspecified atom stereocenters. The molecule has 0 spiro atoms. The average Bonchev–Trinajstić information content (AvgIpc) is 2.30. The molecular formula is C13H20N2O3. The van der Waals surface area contributed by atoms with Crippen molar-refractivity contribution in [2.75, 3.05) is 25.6 Å². The van der Waals surface area contributed by atoms with Crippen molar-refractivity contribution in [2.24, 2.45) is 5.41 Å². The molecule has 0 aliphatic rings. The monoisotopic (exact) mass is 252 g/mol. The molecule has 0 atom stereocenters. The van der Waals surface area contributed by atoms with E-state index in [1.54, 1.807) is 25.4 Å². The van der Waals surface area contributed by atoms with Crippen molar-refractivity contribution in [3.8, 4) is 5.88 Å². The number of ether oxygens (including phenoxy) is 2. The van der Waals surface area contributed by atoms with Gasteiger partial charge in [0.25, 0.3) is 0 Å². The molecule has 100 valence electrons. The quantitative estimate of drug-likeness (QED) is 0.815. The van der Waals surface area contributed by atoms with E-state index in [-0.39, 0.29) is 5.91 Å². The molecule has 1 heterocycles. The predicted molar refractivity (Wildman–Crippen MR) is 69.7 cm³/mol. The Bertz CT molecular complexity index is 382. The van der Waals surface area contributed by atoms with E-state index in [1.807, 2.05) is 20.8 Å². The molecule has 18 heavy (non-hydrogen) atoms. The lowest BCUT2D eigenvalue weighted by Crippen LogP contribution is -2.27. The Hall–Kier alpha value is -1.62. The number of anilines is 1. The van der Waals surface area contributed by atoms with Gasteiger partial charge in [0.1, 0.15) is 6.61 Å². The molecule has 0 radical (unpaired) electrons. The summed E-state index contributed by atoms with van der Waals surface area (Å²) in [6.45, 7) is 6.55. The third-order valence-corrected chi connectivity index (χ3v) is 2.21. The van der Waals surface area contributed by atoms with Crippen LogP contribution in [0.1, 0.15) is 20.8 Å². The Morgan fingerprint density at radius 2 is 2.06 bits per heavy atom. The Morgan fingerprint density at radius 1 is 1.33 bits per heavy atom. The molecule has 1 N–H and O–H groups in total. The second kappa shape index (κ2) is 6.35. The van der Waals surface area contributed by atoms with Gasteiger partial charge in [0.2, 0.25) is 11.8 Å². The Balaban J connectivity index is 2.53. The summed E-state index contributed by atoms with van der Waals surface area (Å²) in [4.78, 5) is 15.8. The average molecular weight is 252 g/mol. The first kappa shape index (κ1) is 14.4. The van der Waals surface area contributed by atoms with E-state index in [0.717, 1.165) is 0 Å². The molecular weight excluding hydrogens is 232 g/mol. The van der Waals surface area contributed by atoms with Gasteiger partial charge < -0.3 is 14.8 Å². The minimum atomic E-state index is -0.423. The van der Waals surface area contributed by atoms with Gasteiger partial charge in [-0.25, -0.2) is 4.98 Å². The number of carbonyl (C=O) groups is 1. The zero-order chi connectivity index (χ0) is 13.6. The van der Waals surface area contributed by atoms with E-state index < -0.39 is 5.41 Å². The minimum Gasteiger partial charge on any atom is -0.475 e. The van der Waals surface area contributed by atoms with Crippen molar-refractivity contribution in [1.29, 1.82) is 0 Å². The van der Waals surface area contributed by atoms with Crippen LogP contribution in [0.15, 0.2) is 18.3 Å². The molecule has 1 aromatic heterocycles. The van der Waals surface area contributed by atoms with Gasteiger partial charge in [-0.15, -0.1) is 0 Å². The fourth-order valence-corrected chi connectivity index (χ4v) is 1.09. The van der Waals surface area contributed by atoms with Gasteiger partial charge in [-0.1, -0.05) is 20.8 Å². The maximum Gasteiger partial charge on any atom is 0.229 e. The maximum absolute atomic E-state index is 11.7. The molecule has 0 saturated carbocycles. The van der Waals surface area contributed by atoms with Crippen LogP contribution in [0.4, 0.5) is 5.69 Å². The van der Waals surface area contributed by atoms with Crippen molar-refractivity contribution in [2.45, 2.75) is 20.8 Å². The van der Waals surface area contributed by atoms with E-state index >= 15 is 0 Å². The Labute approximate surface area is 108 Å². The summed E-state index contributed by atoms with van der Waals surface area (Å²) < 4.78 is 10.2. The van der Waals surface area contributed by atoms with Gasteiger partial charge >= 0.3 is 0 Å². The van der Waals surface area contributed by atoms with E-state index in [1.165, 1.54) is 0 Å². The molecule has 5 nitrogen and oxygen atoms in total. The Morgan fingerprint density at radius 3 is 2.56 bits per heavy atom. The van der Waals surface area contributed by atoms with Crippen LogP contribution in [0.2, 0.25) is 0 Å². The first-order valence-corrected chi connectivity index (χ1v) is 5.83. The van der Waals surface area contributed by atoms with Gasteiger partial charge in [-0.2, -0.15) is 0 Å². The number of carbonyl (C=O) groups excluding carboxylic acids is 1.